The van der Waals surface area contributed by atoms with E-state index in [9.17, 15) is 9.59 Å². The average Bonchev–Trinajstić information content (AvgIpc) is 2.66. The third-order valence-corrected chi connectivity index (χ3v) is 5.38. The van der Waals surface area contributed by atoms with Crippen molar-refractivity contribution in [2.45, 2.75) is 18.5 Å². The lowest BCUT2D eigenvalue weighted by Gasteiger charge is -2.33. The summed E-state index contributed by atoms with van der Waals surface area (Å²) in [6, 6.07) is 8.88. The molecule has 0 radical (unpaired) electrons. The highest BCUT2D eigenvalue weighted by Crippen LogP contribution is 2.38. The highest BCUT2D eigenvalue weighted by atomic mass is 35.5. The number of amides is 2. The number of carboxylic acids is 1. The van der Waals surface area contributed by atoms with Crippen LogP contribution in [0, 0.1) is 0 Å². The van der Waals surface area contributed by atoms with Gasteiger partial charge in [0.2, 0.25) is 0 Å². The predicted octanol–water partition coefficient (Wildman–Crippen LogP) is 3.14. The summed E-state index contributed by atoms with van der Waals surface area (Å²) in [5.74, 6) is -1.30. The number of hydrogen-bond donors (Lipinski definition) is 4. The molecule has 0 saturated carbocycles. The van der Waals surface area contributed by atoms with Crippen LogP contribution in [0.2, 0.25) is 10.0 Å². The first-order valence-electron chi connectivity index (χ1n) is 8.96. The van der Waals surface area contributed by atoms with Crippen LogP contribution >= 0.6 is 23.2 Å². The number of aliphatic carboxylic acids is 1. The molecule has 154 valence electrons. The number of nitrogens with one attached hydrogen (secondary N) is 2. The first kappa shape index (κ1) is 21.4. The van der Waals surface area contributed by atoms with Crippen LogP contribution in [0.4, 0.5) is 10.5 Å². The summed E-state index contributed by atoms with van der Waals surface area (Å²) < 4.78 is 0. The van der Waals surface area contributed by atoms with Crippen LogP contribution in [0.3, 0.4) is 0 Å². The molecule has 2 atom stereocenters. The number of carbonyl (C=O) groups excluding carboxylic acids is 1. The van der Waals surface area contributed by atoms with Gasteiger partial charge in [0.05, 0.1) is 6.61 Å². The van der Waals surface area contributed by atoms with E-state index in [1.807, 2.05) is 31.3 Å². The van der Waals surface area contributed by atoms with E-state index in [2.05, 4.69) is 15.5 Å². The molecule has 2 aromatic rings. The van der Waals surface area contributed by atoms with Gasteiger partial charge in [-0.2, -0.15) is 0 Å². The number of anilines is 1. The number of aliphatic hydroxyl groups excluding tert-OH is 1. The van der Waals surface area contributed by atoms with Crippen molar-refractivity contribution in [3.63, 3.8) is 0 Å². The molecule has 1 heterocycles. The summed E-state index contributed by atoms with van der Waals surface area (Å²) in [4.78, 5) is 25.2. The number of aliphatic hydroxyl groups is 1. The Morgan fingerprint density at radius 2 is 2.03 bits per heavy atom. The molecule has 29 heavy (non-hydrogen) atoms. The topological polar surface area (TPSA) is 102 Å². The Bertz CT molecular complexity index is 938. The van der Waals surface area contributed by atoms with E-state index in [1.165, 1.54) is 0 Å². The van der Waals surface area contributed by atoms with Gasteiger partial charge in [0.1, 0.15) is 0 Å². The number of fused-ring (bicyclic) bond motifs is 1. The maximum absolute atomic E-state index is 12.1. The fourth-order valence-corrected chi connectivity index (χ4v) is 4.04. The molecule has 1 aliphatic rings. The number of nitrogens with zero attached hydrogens (tertiary/aromatic N) is 1. The monoisotopic (exact) mass is 437 g/mol. The van der Waals surface area contributed by atoms with E-state index >= 15 is 0 Å². The summed E-state index contributed by atoms with van der Waals surface area (Å²) in [5.41, 5.74) is 3.54. The van der Waals surface area contributed by atoms with Gasteiger partial charge >= 0.3 is 12.0 Å². The highest BCUT2D eigenvalue weighted by Gasteiger charge is 2.27. The van der Waals surface area contributed by atoms with Gasteiger partial charge < -0.3 is 25.7 Å². The van der Waals surface area contributed by atoms with Crippen molar-refractivity contribution in [2.75, 3.05) is 25.5 Å². The van der Waals surface area contributed by atoms with E-state index < -0.39 is 24.6 Å². The zero-order chi connectivity index (χ0) is 21.1. The van der Waals surface area contributed by atoms with E-state index in [-0.39, 0.29) is 5.92 Å². The summed E-state index contributed by atoms with van der Waals surface area (Å²) in [7, 11) is 2.01. The summed E-state index contributed by atoms with van der Waals surface area (Å²) in [6.45, 7) is 0.778. The number of halogens is 2. The quantitative estimate of drug-likeness (QED) is 0.575. The fourth-order valence-electron chi connectivity index (χ4n) is 3.47. The molecule has 0 spiro atoms. The van der Waals surface area contributed by atoms with E-state index in [4.69, 9.17) is 33.4 Å². The Morgan fingerprint density at radius 1 is 1.28 bits per heavy atom. The molecule has 0 aliphatic carbocycles. The normalized spacial score (nSPS) is 17.3. The molecule has 2 aromatic carbocycles. The molecule has 2 amide bonds. The Hall–Kier alpha value is -2.32. The lowest BCUT2D eigenvalue weighted by Crippen LogP contribution is -2.45. The number of carboxylic acid groups (broad SMARTS) is 1. The predicted molar refractivity (Wildman–Crippen MR) is 112 cm³/mol. The van der Waals surface area contributed by atoms with Crippen molar-refractivity contribution >= 4 is 40.9 Å². The maximum atomic E-state index is 12.1. The molecule has 0 bridgehead atoms. The van der Waals surface area contributed by atoms with E-state index in [1.54, 1.807) is 12.1 Å². The molecule has 0 fully saturated rings. The van der Waals surface area contributed by atoms with Crippen LogP contribution in [0.25, 0.3) is 0 Å². The standard InChI is InChI=1S/C20H21Cl2N3O4/c1-25-8-15(14-6-12(21)7-17(22)16(14)9-25)11-3-2-4-13(5-11)23-20(29)24-18(10-26)19(27)28/h2-7,15,18,26H,8-10H2,1H3,(H,27,28)(H2,23,24,29)/t15?,18-/m0/s1. The number of carbonyl (C=O) groups is 2. The van der Waals surface area contributed by atoms with Crippen LogP contribution in [0.1, 0.15) is 22.6 Å². The van der Waals surface area contributed by atoms with Crippen molar-refractivity contribution in [3.05, 3.63) is 63.1 Å². The molecule has 4 N–H and O–H groups in total. The molecule has 3 rings (SSSR count). The smallest absolute Gasteiger partial charge is 0.328 e. The van der Waals surface area contributed by atoms with Gasteiger partial charge in [0.15, 0.2) is 6.04 Å². The van der Waals surface area contributed by atoms with Crippen molar-refractivity contribution < 1.29 is 19.8 Å². The number of rotatable bonds is 5. The minimum atomic E-state index is -1.37. The zero-order valence-corrected chi connectivity index (χ0v) is 17.2. The van der Waals surface area contributed by atoms with E-state index in [0.717, 1.165) is 29.8 Å². The van der Waals surface area contributed by atoms with Crippen LogP contribution in [0.5, 0.6) is 0 Å². The molecule has 0 saturated heterocycles. The lowest BCUT2D eigenvalue weighted by molar-refractivity contribution is -0.140. The van der Waals surface area contributed by atoms with Crippen molar-refractivity contribution in [3.8, 4) is 0 Å². The maximum Gasteiger partial charge on any atom is 0.328 e. The summed E-state index contributed by atoms with van der Waals surface area (Å²) in [6.07, 6.45) is 0. The van der Waals surface area contributed by atoms with Crippen molar-refractivity contribution in [2.24, 2.45) is 0 Å². The molecule has 1 aliphatic heterocycles. The second-order valence-corrected chi connectivity index (χ2v) is 7.85. The highest BCUT2D eigenvalue weighted by molar-refractivity contribution is 6.35. The van der Waals surface area contributed by atoms with Gasteiger partial charge in [-0.3, -0.25) is 0 Å². The SMILES string of the molecule is CN1Cc2c(Cl)cc(Cl)cc2C(c2cccc(NC(=O)N[C@@H](CO)C(=O)O)c2)C1. The van der Waals surface area contributed by atoms with Crippen LogP contribution < -0.4 is 10.6 Å². The number of hydrogen-bond acceptors (Lipinski definition) is 4. The zero-order valence-electron chi connectivity index (χ0n) is 15.7. The molecule has 1 unspecified atom stereocenters. The molecule has 0 aromatic heterocycles. The van der Waals surface area contributed by atoms with Gasteiger partial charge in [-0.15, -0.1) is 0 Å². The van der Waals surface area contributed by atoms with Gasteiger partial charge in [-0.25, -0.2) is 9.59 Å². The number of urea groups is 1. The number of likely N-dealkylation sites (N-methyl/N-ethyl adjacent to an activating group) is 1. The van der Waals surface area contributed by atoms with Gasteiger partial charge in [-0.1, -0.05) is 35.3 Å². The van der Waals surface area contributed by atoms with Gasteiger partial charge in [-0.05, 0) is 48.0 Å². The summed E-state index contributed by atoms with van der Waals surface area (Å²) >= 11 is 12.6. The second-order valence-electron chi connectivity index (χ2n) is 7.00. The average molecular weight is 438 g/mol. The first-order valence-corrected chi connectivity index (χ1v) is 9.71. The van der Waals surface area contributed by atoms with Crippen molar-refractivity contribution in [1.29, 1.82) is 0 Å². The number of benzene rings is 2. The van der Waals surface area contributed by atoms with Gasteiger partial charge in [0.25, 0.3) is 0 Å². The second kappa shape index (κ2) is 9.00. The Labute approximate surface area is 178 Å². The van der Waals surface area contributed by atoms with Crippen LogP contribution in [0.15, 0.2) is 36.4 Å². The molecule has 9 heteroatoms. The van der Waals surface area contributed by atoms with Crippen molar-refractivity contribution in [1.82, 2.24) is 10.2 Å². The first-order chi connectivity index (χ1) is 13.8. The van der Waals surface area contributed by atoms with Crippen LogP contribution in [-0.2, 0) is 11.3 Å². The Morgan fingerprint density at radius 3 is 2.72 bits per heavy atom. The summed E-state index contributed by atoms with van der Waals surface area (Å²) in [5, 5.41) is 24.0. The molecular formula is C20H21Cl2N3O4. The van der Waals surface area contributed by atoms with Crippen LogP contribution in [-0.4, -0.2) is 53.4 Å². The Balaban J connectivity index is 1.85. The van der Waals surface area contributed by atoms with Gasteiger partial charge in [0, 0.05) is 34.7 Å². The third kappa shape index (κ3) is 5.00. The minimum Gasteiger partial charge on any atom is -0.480 e. The van der Waals surface area contributed by atoms with E-state index in [0.29, 0.717) is 15.7 Å². The molecular weight excluding hydrogens is 417 g/mol. The minimum absolute atomic E-state index is 0.00831. The largest absolute Gasteiger partial charge is 0.480 e. The molecule has 7 nitrogen and oxygen atoms in total. The fraction of sp³-hybridized carbons (Fsp3) is 0.300. The third-order valence-electron chi connectivity index (χ3n) is 4.83. The lowest BCUT2D eigenvalue weighted by atomic mass is 9.84. The Kier molecular flexibility index (Phi) is 6.64.